The average molecular weight is 445 g/mol. The highest BCUT2D eigenvalue weighted by Crippen LogP contribution is 2.27. The van der Waals surface area contributed by atoms with Gasteiger partial charge >= 0.3 is 0 Å². The van der Waals surface area contributed by atoms with Gasteiger partial charge in [-0.05, 0) is 56.3 Å². The lowest BCUT2D eigenvalue weighted by molar-refractivity contribution is -0.119. The van der Waals surface area contributed by atoms with Crippen molar-refractivity contribution >= 4 is 34.0 Å². The van der Waals surface area contributed by atoms with E-state index in [0.29, 0.717) is 0 Å². The molecule has 0 bridgehead atoms. The van der Waals surface area contributed by atoms with Gasteiger partial charge in [0.2, 0.25) is 11.8 Å². The van der Waals surface area contributed by atoms with Crippen LogP contribution in [0.3, 0.4) is 0 Å². The number of thiazole rings is 1. The topological polar surface area (TPSA) is 74.3 Å². The van der Waals surface area contributed by atoms with Crippen molar-refractivity contribution in [3.05, 3.63) is 64.5 Å². The zero-order valence-corrected chi connectivity index (χ0v) is 18.1. The molecular weight excluding hydrogens is 422 g/mol. The summed E-state index contributed by atoms with van der Waals surface area (Å²) in [6.07, 6.45) is 0. The summed E-state index contributed by atoms with van der Waals surface area (Å²) >= 11 is 1.10. The van der Waals surface area contributed by atoms with Crippen molar-refractivity contribution in [1.29, 1.82) is 0 Å². The van der Waals surface area contributed by atoms with Crippen molar-refractivity contribution in [2.75, 3.05) is 30.8 Å². The summed E-state index contributed by atoms with van der Waals surface area (Å²) in [6.45, 7) is 3.89. The first kappa shape index (κ1) is 22.5. The number of aromatic nitrogens is 1. The van der Waals surface area contributed by atoms with Crippen LogP contribution in [0, 0.1) is 25.5 Å². The highest BCUT2D eigenvalue weighted by Gasteiger charge is 2.15. The van der Waals surface area contributed by atoms with Crippen molar-refractivity contribution in [3.8, 4) is 11.3 Å². The van der Waals surface area contributed by atoms with Crippen LogP contribution < -0.4 is 10.6 Å². The standard InChI is InChI=1S/C22H22F2N4O2S/c1-13-5-4-6-18(14(13)2)25-20(29)10-28(3)11-21(30)27-22-26-19(12-31-22)16-9-15(23)7-8-17(16)24/h4-9,12H,10-11H2,1-3H3,(H,25,29)(H,26,27,30). The normalized spacial score (nSPS) is 10.9. The number of anilines is 2. The predicted octanol–water partition coefficient (Wildman–Crippen LogP) is 4.21. The number of likely N-dealkylation sites (N-methyl/N-ethyl adjacent to an activating group) is 1. The van der Waals surface area contributed by atoms with Crippen LogP contribution in [0.2, 0.25) is 0 Å². The number of nitrogens with one attached hydrogen (secondary N) is 2. The van der Waals surface area contributed by atoms with Gasteiger partial charge in [-0.3, -0.25) is 14.5 Å². The third-order valence-electron chi connectivity index (χ3n) is 4.66. The Labute approximate surface area is 182 Å². The fourth-order valence-electron chi connectivity index (χ4n) is 2.93. The van der Waals surface area contributed by atoms with Crippen molar-refractivity contribution in [2.45, 2.75) is 13.8 Å². The molecule has 0 unspecified atom stereocenters. The first-order chi connectivity index (χ1) is 14.7. The maximum atomic E-state index is 13.9. The summed E-state index contributed by atoms with van der Waals surface area (Å²) in [5.74, 6) is -1.78. The minimum absolute atomic E-state index is 0.0250. The second kappa shape index (κ2) is 9.76. The summed E-state index contributed by atoms with van der Waals surface area (Å²) in [4.78, 5) is 30.3. The zero-order valence-electron chi connectivity index (χ0n) is 17.3. The van der Waals surface area contributed by atoms with E-state index >= 15 is 0 Å². The molecule has 6 nitrogen and oxygen atoms in total. The van der Waals surface area contributed by atoms with Gasteiger partial charge in [0, 0.05) is 16.6 Å². The molecule has 3 rings (SSSR count). The molecule has 2 N–H and O–H groups in total. The van der Waals surface area contributed by atoms with Gasteiger partial charge in [0.05, 0.1) is 18.8 Å². The van der Waals surface area contributed by atoms with Crippen molar-refractivity contribution in [3.63, 3.8) is 0 Å². The molecule has 0 saturated heterocycles. The van der Waals surface area contributed by atoms with E-state index in [1.807, 2.05) is 32.0 Å². The minimum atomic E-state index is -0.598. The van der Waals surface area contributed by atoms with E-state index in [4.69, 9.17) is 0 Å². The first-order valence-electron chi connectivity index (χ1n) is 9.48. The molecule has 0 fully saturated rings. The van der Waals surface area contributed by atoms with Gasteiger partial charge in [0.15, 0.2) is 5.13 Å². The molecule has 0 saturated carbocycles. The largest absolute Gasteiger partial charge is 0.325 e. The Hall–Kier alpha value is -3.17. The van der Waals surface area contributed by atoms with E-state index in [9.17, 15) is 18.4 Å². The number of carbonyl (C=O) groups is 2. The van der Waals surface area contributed by atoms with Crippen LogP contribution in [-0.2, 0) is 9.59 Å². The number of aryl methyl sites for hydroxylation is 1. The molecule has 162 valence electrons. The molecule has 0 atom stereocenters. The quantitative estimate of drug-likeness (QED) is 0.572. The Bertz CT molecular complexity index is 1120. The smallest absolute Gasteiger partial charge is 0.240 e. The lowest BCUT2D eigenvalue weighted by Gasteiger charge is -2.16. The number of rotatable bonds is 7. The van der Waals surface area contributed by atoms with Crippen LogP contribution in [0.15, 0.2) is 41.8 Å². The van der Waals surface area contributed by atoms with Crippen LogP contribution in [0.5, 0.6) is 0 Å². The Kier molecular flexibility index (Phi) is 7.09. The average Bonchev–Trinajstić information content (AvgIpc) is 3.15. The number of hydrogen-bond donors (Lipinski definition) is 2. The summed E-state index contributed by atoms with van der Waals surface area (Å²) < 4.78 is 27.3. The van der Waals surface area contributed by atoms with Gasteiger partial charge in [-0.15, -0.1) is 11.3 Å². The SMILES string of the molecule is Cc1cccc(NC(=O)CN(C)CC(=O)Nc2nc(-c3cc(F)ccc3F)cs2)c1C. The first-order valence-corrected chi connectivity index (χ1v) is 10.4. The van der Waals surface area contributed by atoms with E-state index in [1.54, 1.807) is 11.9 Å². The van der Waals surface area contributed by atoms with Crippen LogP contribution >= 0.6 is 11.3 Å². The maximum absolute atomic E-state index is 13.9. The number of carbonyl (C=O) groups excluding carboxylic acids is 2. The monoisotopic (exact) mass is 444 g/mol. The molecule has 0 aliphatic rings. The van der Waals surface area contributed by atoms with Crippen molar-refractivity contribution in [2.24, 2.45) is 0 Å². The van der Waals surface area contributed by atoms with Gasteiger partial charge in [0.1, 0.15) is 11.6 Å². The Morgan fingerprint density at radius 1 is 1.06 bits per heavy atom. The summed E-state index contributed by atoms with van der Waals surface area (Å²) in [5.41, 5.74) is 3.07. The van der Waals surface area contributed by atoms with E-state index in [-0.39, 0.29) is 41.3 Å². The lowest BCUT2D eigenvalue weighted by atomic mass is 10.1. The molecule has 9 heteroatoms. The highest BCUT2D eigenvalue weighted by atomic mass is 32.1. The fraction of sp³-hybridized carbons (Fsp3) is 0.227. The molecule has 3 aromatic rings. The third kappa shape index (κ3) is 5.93. The number of halogens is 2. The minimum Gasteiger partial charge on any atom is -0.325 e. The molecule has 0 spiro atoms. The molecule has 31 heavy (non-hydrogen) atoms. The van der Waals surface area contributed by atoms with E-state index in [1.165, 1.54) is 5.38 Å². The van der Waals surface area contributed by atoms with E-state index in [0.717, 1.165) is 46.4 Å². The van der Waals surface area contributed by atoms with Crippen LogP contribution in [-0.4, -0.2) is 41.8 Å². The second-order valence-corrected chi connectivity index (χ2v) is 8.04. The second-order valence-electron chi connectivity index (χ2n) is 7.18. The third-order valence-corrected chi connectivity index (χ3v) is 5.42. The van der Waals surface area contributed by atoms with Crippen LogP contribution in [0.4, 0.5) is 19.6 Å². The summed E-state index contributed by atoms with van der Waals surface area (Å²) in [7, 11) is 1.65. The summed E-state index contributed by atoms with van der Waals surface area (Å²) in [6, 6.07) is 8.77. The van der Waals surface area contributed by atoms with Gasteiger partial charge < -0.3 is 10.6 Å². The van der Waals surface area contributed by atoms with Gasteiger partial charge in [0.25, 0.3) is 0 Å². The molecule has 1 heterocycles. The Morgan fingerprint density at radius 2 is 1.77 bits per heavy atom. The Morgan fingerprint density at radius 3 is 2.52 bits per heavy atom. The van der Waals surface area contributed by atoms with Crippen LogP contribution in [0.1, 0.15) is 11.1 Å². The van der Waals surface area contributed by atoms with Gasteiger partial charge in [-0.2, -0.15) is 0 Å². The lowest BCUT2D eigenvalue weighted by Crippen LogP contribution is -2.36. The molecule has 0 aliphatic heterocycles. The van der Waals surface area contributed by atoms with Crippen molar-refractivity contribution in [1.82, 2.24) is 9.88 Å². The number of hydrogen-bond acceptors (Lipinski definition) is 5. The highest BCUT2D eigenvalue weighted by molar-refractivity contribution is 7.14. The van der Waals surface area contributed by atoms with Gasteiger partial charge in [-0.1, -0.05) is 12.1 Å². The molecular formula is C22H22F2N4O2S. The molecule has 1 aromatic heterocycles. The molecule has 2 amide bonds. The van der Waals surface area contributed by atoms with E-state index < -0.39 is 11.6 Å². The molecule has 0 radical (unpaired) electrons. The molecule has 0 aliphatic carbocycles. The van der Waals surface area contributed by atoms with Gasteiger partial charge in [-0.25, -0.2) is 13.8 Å². The maximum Gasteiger partial charge on any atom is 0.240 e. The molecule has 2 aromatic carbocycles. The number of benzene rings is 2. The zero-order chi connectivity index (χ0) is 22.5. The van der Waals surface area contributed by atoms with E-state index in [2.05, 4.69) is 15.6 Å². The number of nitrogens with zero attached hydrogens (tertiary/aromatic N) is 2. The summed E-state index contributed by atoms with van der Waals surface area (Å²) in [5, 5.41) is 7.26. The Balaban J connectivity index is 1.53. The van der Waals surface area contributed by atoms with Crippen molar-refractivity contribution < 1.29 is 18.4 Å². The van der Waals surface area contributed by atoms with Crippen LogP contribution in [0.25, 0.3) is 11.3 Å². The predicted molar refractivity (Wildman–Crippen MR) is 118 cm³/mol. The number of amides is 2. The fourth-order valence-corrected chi connectivity index (χ4v) is 3.66.